The van der Waals surface area contributed by atoms with Crippen LogP contribution in [0.4, 0.5) is 5.69 Å². The molecule has 0 saturated heterocycles. The number of carbonyl (C=O) groups is 2. The lowest BCUT2D eigenvalue weighted by Crippen LogP contribution is -2.53. The molecule has 12 heteroatoms. The molecule has 2 atom stereocenters. The van der Waals surface area contributed by atoms with Gasteiger partial charge in [0.1, 0.15) is 18.3 Å². The second kappa shape index (κ2) is 16.4. The number of carbonyl (C=O) groups excluding carboxylic acids is 2. The number of hydrogen-bond donors (Lipinski definition) is 1. The van der Waals surface area contributed by atoms with E-state index in [1.165, 1.54) is 37.3 Å². The Bertz CT molecular complexity index is 1550. The first-order valence-electron chi connectivity index (χ1n) is 14.8. The second-order valence-electron chi connectivity index (χ2n) is 10.3. The fourth-order valence-electron chi connectivity index (χ4n) is 4.68. The van der Waals surface area contributed by atoms with Gasteiger partial charge in [-0.15, -0.1) is 0 Å². The third kappa shape index (κ3) is 8.82. The van der Waals surface area contributed by atoms with Gasteiger partial charge in [-0.3, -0.25) is 13.9 Å². The summed E-state index contributed by atoms with van der Waals surface area (Å²) in [5.41, 5.74) is 0.856. The average molecular weight is 660 g/mol. The van der Waals surface area contributed by atoms with Gasteiger partial charge in [-0.25, -0.2) is 8.42 Å². The van der Waals surface area contributed by atoms with E-state index in [9.17, 15) is 18.0 Å². The van der Waals surface area contributed by atoms with Gasteiger partial charge in [-0.05, 0) is 74.7 Å². The molecule has 244 valence electrons. The number of nitrogens with zero attached hydrogens (tertiary/aromatic N) is 2. The van der Waals surface area contributed by atoms with Crippen molar-refractivity contribution in [3.63, 3.8) is 0 Å². The van der Waals surface area contributed by atoms with Crippen LogP contribution in [0.5, 0.6) is 17.2 Å². The second-order valence-corrected chi connectivity index (χ2v) is 12.6. The van der Waals surface area contributed by atoms with Crippen LogP contribution in [0.25, 0.3) is 0 Å². The number of benzene rings is 3. The van der Waals surface area contributed by atoms with Gasteiger partial charge < -0.3 is 24.4 Å². The van der Waals surface area contributed by atoms with Crippen molar-refractivity contribution < 1.29 is 32.2 Å². The van der Waals surface area contributed by atoms with Crippen molar-refractivity contribution in [1.29, 1.82) is 0 Å². The highest BCUT2D eigenvalue weighted by atomic mass is 35.5. The Morgan fingerprint density at radius 2 is 1.58 bits per heavy atom. The van der Waals surface area contributed by atoms with Crippen LogP contribution in [0.2, 0.25) is 5.02 Å². The van der Waals surface area contributed by atoms with Gasteiger partial charge in [0.2, 0.25) is 11.8 Å². The molecule has 0 heterocycles. The maximum atomic E-state index is 14.3. The Kier molecular flexibility index (Phi) is 12.9. The monoisotopic (exact) mass is 659 g/mol. The molecule has 0 radical (unpaired) electrons. The van der Waals surface area contributed by atoms with Crippen molar-refractivity contribution in [3.8, 4) is 17.2 Å². The molecule has 3 aromatic rings. The highest BCUT2D eigenvalue weighted by molar-refractivity contribution is 7.92. The van der Waals surface area contributed by atoms with Crippen molar-refractivity contribution in [2.45, 2.75) is 64.1 Å². The van der Waals surface area contributed by atoms with Crippen molar-refractivity contribution in [2.75, 3.05) is 31.7 Å². The Morgan fingerprint density at radius 1 is 0.911 bits per heavy atom. The number of rotatable bonds is 16. The fraction of sp³-hybridized carbons (Fsp3) is 0.394. The largest absolute Gasteiger partial charge is 0.494 e. The number of hydrogen-bond acceptors (Lipinski definition) is 7. The van der Waals surface area contributed by atoms with Gasteiger partial charge in [0.05, 0.1) is 31.4 Å². The van der Waals surface area contributed by atoms with Gasteiger partial charge in [0, 0.05) is 23.7 Å². The smallest absolute Gasteiger partial charge is 0.264 e. The van der Waals surface area contributed by atoms with E-state index in [1.54, 1.807) is 55.5 Å². The van der Waals surface area contributed by atoms with E-state index in [-0.39, 0.29) is 34.8 Å². The Hall–Kier alpha value is -3.96. The van der Waals surface area contributed by atoms with E-state index >= 15 is 0 Å². The minimum Gasteiger partial charge on any atom is -0.494 e. The molecule has 0 bridgehead atoms. The molecule has 0 spiro atoms. The zero-order valence-corrected chi connectivity index (χ0v) is 28.2. The van der Waals surface area contributed by atoms with E-state index in [1.807, 2.05) is 20.8 Å². The SMILES string of the molecule is CCOc1ccc(N(CC(=O)N(Cc2ccccc2Cl)[C@@H](CC)C(=O)N[C@H](C)CC)S(=O)(=O)c2ccc(OC)c(OC)c2)cc1. The molecule has 45 heavy (non-hydrogen) atoms. The van der Waals surface area contributed by atoms with Crippen molar-refractivity contribution in [3.05, 3.63) is 77.3 Å². The van der Waals surface area contributed by atoms with Crippen LogP contribution in [-0.4, -0.2) is 64.6 Å². The lowest BCUT2D eigenvalue weighted by atomic mass is 10.1. The summed E-state index contributed by atoms with van der Waals surface area (Å²) >= 11 is 6.48. The number of methoxy groups -OCH3 is 2. The number of nitrogens with one attached hydrogen (secondary N) is 1. The van der Waals surface area contributed by atoms with Gasteiger partial charge in [0.25, 0.3) is 10.0 Å². The van der Waals surface area contributed by atoms with Gasteiger partial charge in [-0.2, -0.15) is 0 Å². The summed E-state index contributed by atoms with van der Waals surface area (Å²) in [6.07, 6.45) is 1.000. The zero-order valence-electron chi connectivity index (χ0n) is 26.6. The van der Waals surface area contributed by atoms with Crippen molar-refractivity contribution in [1.82, 2.24) is 10.2 Å². The molecule has 10 nitrogen and oxygen atoms in total. The lowest BCUT2D eigenvalue weighted by Gasteiger charge is -2.34. The molecule has 0 aliphatic rings. The van der Waals surface area contributed by atoms with E-state index in [0.29, 0.717) is 41.5 Å². The molecular formula is C33H42ClN3O7S. The van der Waals surface area contributed by atoms with Crippen LogP contribution in [0.3, 0.4) is 0 Å². The normalized spacial score (nSPS) is 12.5. The van der Waals surface area contributed by atoms with E-state index in [4.69, 9.17) is 25.8 Å². The Balaban J connectivity index is 2.12. The molecule has 0 aliphatic heterocycles. The highest BCUT2D eigenvalue weighted by Crippen LogP contribution is 2.33. The first-order valence-corrected chi connectivity index (χ1v) is 16.6. The fourth-order valence-corrected chi connectivity index (χ4v) is 6.30. The quantitative estimate of drug-likeness (QED) is 0.211. The number of anilines is 1. The average Bonchev–Trinajstić information content (AvgIpc) is 3.04. The highest BCUT2D eigenvalue weighted by Gasteiger charge is 2.34. The van der Waals surface area contributed by atoms with Crippen LogP contribution < -0.4 is 23.8 Å². The molecule has 0 unspecified atom stereocenters. The molecule has 1 N–H and O–H groups in total. The Morgan fingerprint density at radius 3 is 2.16 bits per heavy atom. The first-order chi connectivity index (χ1) is 21.5. The van der Waals surface area contributed by atoms with Crippen LogP contribution in [0.15, 0.2) is 71.6 Å². The van der Waals surface area contributed by atoms with E-state index in [0.717, 1.165) is 4.31 Å². The molecule has 3 rings (SSSR count). The van der Waals surface area contributed by atoms with E-state index < -0.39 is 28.5 Å². The van der Waals surface area contributed by atoms with Gasteiger partial charge >= 0.3 is 0 Å². The van der Waals surface area contributed by atoms with Crippen LogP contribution in [0, 0.1) is 0 Å². The summed E-state index contributed by atoms with van der Waals surface area (Å²) in [6.45, 7) is 7.31. The predicted octanol–water partition coefficient (Wildman–Crippen LogP) is 5.67. The molecule has 0 fully saturated rings. The number of ether oxygens (including phenoxy) is 3. The number of halogens is 1. The molecule has 0 saturated carbocycles. The lowest BCUT2D eigenvalue weighted by molar-refractivity contribution is -0.140. The molecule has 3 aromatic carbocycles. The summed E-state index contributed by atoms with van der Waals surface area (Å²) in [4.78, 5) is 29.0. The number of sulfonamides is 1. The molecule has 0 aromatic heterocycles. The van der Waals surface area contributed by atoms with Gasteiger partial charge in [0.15, 0.2) is 11.5 Å². The molecule has 2 amide bonds. The molecular weight excluding hydrogens is 618 g/mol. The minimum atomic E-state index is -4.34. The standard InChI is InChI=1S/C33H42ClN3O7S/c1-7-23(4)35-33(39)29(8-2)36(21-24-12-10-11-13-28(24)34)32(38)22-37(25-14-16-26(17-15-25)44-9-3)45(40,41)27-18-19-30(42-5)31(20-27)43-6/h10-20,23,29H,7-9,21-22H2,1-6H3,(H,35,39)/t23-,29+/m1/s1. The Labute approximate surface area is 271 Å². The van der Waals surface area contributed by atoms with Crippen molar-refractivity contribution in [2.24, 2.45) is 0 Å². The van der Waals surface area contributed by atoms with Crippen molar-refractivity contribution >= 4 is 39.1 Å². The summed E-state index contributed by atoms with van der Waals surface area (Å²) < 4.78 is 45.7. The van der Waals surface area contributed by atoms with Crippen LogP contribution >= 0.6 is 11.6 Å². The summed E-state index contributed by atoms with van der Waals surface area (Å²) in [6, 6.07) is 16.7. The molecule has 0 aliphatic carbocycles. The van der Waals surface area contributed by atoms with Gasteiger partial charge in [-0.1, -0.05) is 43.6 Å². The zero-order chi connectivity index (χ0) is 33.1. The third-order valence-electron chi connectivity index (χ3n) is 7.34. The summed E-state index contributed by atoms with van der Waals surface area (Å²) in [5.74, 6) is 0.194. The first kappa shape index (κ1) is 35.5. The number of amides is 2. The predicted molar refractivity (Wildman–Crippen MR) is 176 cm³/mol. The topological polar surface area (TPSA) is 114 Å². The summed E-state index contributed by atoms with van der Waals surface area (Å²) in [5, 5.41) is 3.39. The minimum absolute atomic E-state index is 0.00152. The van der Waals surface area contributed by atoms with E-state index in [2.05, 4.69) is 5.32 Å². The van der Waals surface area contributed by atoms with Crippen LogP contribution in [0.1, 0.15) is 46.1 Å². The maximum Gasteiger partial charge on any atom is 0.264 e. The summed E-state index contributed by atoms with van der Waals surface area (Å²) in [7, 11) is -1.48. The third-order valence-corrected chi connectivity index (χ3v) is 9.48. The van der Waals surface area contributed by atoms with Crippen LogP contribution in [-0.2, 0) is 26.2 Å². The maximum absolute atomic E-state index is 14.3.